The van der Waals surface area contributed by atoms with Crippen molar-refractivity contribution in [2.24, 2.45) is 5.92 Å². The van der Waals surface area contributed by atoms with Crippen LogP contribution in [0.5, 0.6) is 0 Å². The first-order valence-electron chi connectivity index (χ1n) is 6.91. The molecule has 0 spiro atoms. The summed E-state index contributed by atoms with van der Waals surface area (Å²) in [5.74, 6) is 0.774. The molecular weight excluding hydrogens is 216 g/mol. The number of nitrogens with zero attached hydrogens (tertiary/aromatic N) is 1. The molecule has 17 heavy (non-hydrogen) atoms. The number of rotatable bonds is 6. The summed E-state index contributed by atoms with van der Waals surface area (Å²) in [4.78, 5) is 13.7. The van der Waals surface area contributed by atoms with Crippen LogP contribution < -0.4 is 5.32 Å². The van der Waals surface area contributed by atoms with Crippen LogP contribution in [0, 0.1) is 5.92 Å². The molecule has 2 saturated heterocycles. The van der Waals surface area contributed by atoms with Gasteiger partial charge in [0, 0.05) is 19.0 Å². The van der Waals surface area contributed by atoms with Gasteiger partial charge in [0.15, 0.2) is 0 Å². The van der Waals surface area contributed by atoms with E-state index in [4.69, 9.17) is 4.74 Å². The zero-order valence-corrected chi connectivity index (χ0v) is 10.8. The second-order valence-corrected chi connectivity index (χ2v) is 5.11. The standard InChI is InChI=1S/C13H24N2O2/c1-2-17-13(16)4-3-7-14-12-6-9-15-8-5-11(12)10-15/h11-12,14H,2-10H2,1H3. The quantitative estimate of drug-likeness (QED) is 0.556. The van der Waals surface area contributed by atoms with E-state index < -0.39 is 0 Å². The molecule has 2 aliphatic heterocycles. The fourth-order valence-corrected chi connectivity index (χ4v) is 2.97. The lowest BCUT2D eigenvalue weighted by Gasteiger charge is -2.31. The molecule has 2 heterocycles. The Morgan fingerprint density at radius 1 is 1.41 bits per heavy atom. The number of nitrogens with one attached hydrogen (secondary N) is 1. The van der Waals surface area contributed by atoms with Gasteiger partial charge in [-0.3, -0.25) is 4.79 Å². The van der Waals surface area contributed by atoms with Gasteiger partial charge in [0.25, 0.3) is 0 Å². The van der Waals surface area contributed by atoms with E-state index in [1.54, 1.807) is 0 Å². The molecule has 0 saturated carbocycles. The molecule has 4 nitrogen and oxygen atoms in total. The van der Waals surface area contributed by atoms with Gasteiger partial charge in [0.2, 0.25) is 0 Å². The van der Waals surface area contributed by atoms with Crippen molar-refractivity contribution in [3.05, 3.63) is 0 Å². The molecular formula is C13H24N2O2. The maximum absolute atomic E-state index is 11.2. The summed E-state index contributed by atoms with van der Waals surface area (Å²) in [7, 11) is 0. The summed E-state index contributed by atoms with van der Waals surface area (Å²) in [6.45, 7) is 7.09. The molecule has 4 heteroatoms. The summed E-state index contributed by atoms with van der Waals surface area (Å²) in [6, 6.07) is 0.677. The second-order valence-electron chi connectivity index (χ2n) is 5.11. The number of esters is 1. The number of ether oxygens (including phenoxy) is 1. The van der Waals surface area contributed by atoms with E-state index in [-0.39, 0.29) is 5.97 Å². The highest BCUT2D eigenvalue weighted by atomic mass is 16.5. The maximum atomic E-state index is 11.2. The van der Waals surface area contributed by atoms with Crippen molar-refractivity contribution in [1.29, 1.82) is 0 Å². The van der Waals surface area contributed by atoms with Gasteiger partial charge in [-0.15, -0.1) is 0 Å². The van der Waals surface area contributed by atoms with Gasteiger partial charge in [0.1, 0.15) is 0 Å². The Bertz CT molecular complexity index is 258. The van der Waals surface area contributed by atoms with Crippen LogP contribution >= 0.6 is 0 Å². The fraction of sp³-hybridized carbons (Fsp3) is 0.923. The number of fused-ring (bicyclic) bond motifs is 2. The first kappa shape index (κ1) is 12.8. The summed E-state index contributed by atoms with van der Waals surface area (Å²) in [5, 5.41) is 3.61. The summed E-state index contributed by atoms with van der Waals surface area (Å²) >= 11 is 0. The molecule has 0 aromatic carbocycles. The summed E-state index contributed by atoms with van der Waals surface area (Å²) in [5.41, 5.74) is 0. The van der Waals surface area contributed by atoms with Crippen LogP contribution in [0.2, 0.25) is 0 Å². The molecule has 0 aromatic rings. The molecule has 0 aromatic heterocycles. The molecule has 98 valence electrons. The molecule has 2 fully saturated rings. The van der Waals surface area contributed by atoms with Crippen molar-refractivity contribution in [1.82, 2.24) is 10.2 Å². The zero-order chi connectivity index (χ0) is 12.1. The normalized spacial score (nSPS) is 31.5. The van der Waals surface area contributed by atoms with E-state index in [0.717, 1.165) is 18.9 Å². The minimum Gasteiger partial charge on any atom is -0.466 e. The average Bonchev–Trinajstić information content (AvgIpc) is 2.70. The van der Waals surface area contributed by atoms with Gasteiger partial charge in [-0.2, -0.15) is 0 Å². The molecule has 0 aliphatic carbocycles. The lowest BCUT2D eigenvalue weighted by molar-refractivity contribution is -0.143. The third-order valence-electron chi connectivity index (χ3n) is 3.90. The van der Waals surface area contributed by atoms with Gasteiger partial charge in [-0.25, -0.2) is 0 Å². The van der Waals surface area contributed by atoms with Crippen LogP contribution in [0.15, 0.2) is 0 Å². The van der Waals surface area contributed by atoms with Crippen LogP contribution in [-0.4, -0.2) is 49.7 Å². The average molecular weight is 240 g/mol. The third kappa shape index (κ3) is 3.68. The first-order chi connectivity index (χ1) is 8.29. The molecule has 0 radical (unpaired) electrons. The first-order valence-corrected chi connectivity index (χ1v) is 6.91. The fourth-order valence-electron chi connectivity index (χ4n) is 2.97. The van der Waals surface area contributed by atoms with Gasteiger partial charge in [-0.1, -0.05) is 0 Å². The molecule has 2 rings (SSSR count). The van der Waals surface area contributed by atoms with E-state index in [0.29, 0.717) is 19.1 Å². The van der Waals surface area contributed by atoms with Gasteiger partial charge >= 0.3 is 5.97 Å². The van der Waals surface area contributed by atoms with Crippen molar-refractivity contribution in [3.63, 3.8) is 0 Å². The maximum Gasteiger partial charge on any atom is 0.305 e. The van der Waals surface area contributed by atoms with Gasteiger partial charge in [-0.05, 0) is 51.7 Å². The Morgan fingerprint density at radius 2 is 2.24 bits per heavy atom. The van der Waals surface area contributed by atoms with Crippen LogP contribution in [-0.2, 0) is 9.53 Å². The summed E-state index contributed by atoms with van der Waals surface area (Å²) < 4.78 is 4.91. The van der Waals surface area contributed by atoms with Crippen molar-refractivity contribution < 1.29 is 9.53 Å². The van der Waals surface area contributed by atoms with Crippen LogP contribution in [0.25, 0.3) is 0 Å². The summed E-state index contributed by atoms with van der Waals surface area (Å²) in [6.07, 6.45) is 4.05. The smallest absolute Gasteiger partial charge is 0.305 e. The number of carbonyl (C=O) groups excluding carboxylic acids is 1. The molecule has 1 N–H and O–H groups in total. The van der Waals surface area contributed by atoms with Crippen molar-refractivity contribution in [2.45, 2.75) is 38.6 Å². The minimum atomic E-state index is -0.0648. The van der Waals surface area contributed by atoms with E-state index in [1.165, 1.54) is 32.5 Å². The Morgan fingerprint density at radius 3 is 3.06 bits per heavy atom. The Balaban J connectivity index is 1.57. The lowest BCUT2D eigenvalue weighted by Crippen LogP contribution is -2.44. The predicted octanol–water partition coefficient (Wildman–Crippen LogP) is 1.01. The highest BCUT2D eigenvalue weighted by Gasteiger charge is 2.33. The van der Waals surface area contributed by atoms with Gasteiger partial charge < -0.3 is 15.0 Å². The van der Waals surface area contributed by atoms with Crippen molar-refractivity contribution in [3.8, 4) is 0 Å². The molecule has 3 unspecified atom stereocenters. The van der Waals surface area contributed by atoms with Crippen LogP contribution in [0.1, 0.15) is 32.6 Å². The number of hydrogen-bond donors (Lipinski definition) is 1. The number of carbonyl (C=O) groups is 1. The highest BCUT2D eigenvalue weighted by Crippen LogP contribution is 2.26. The largest absolute Gasteiger partial charge is 0.466 e. The zero-order valence-electron chi connectivity index (χ0n) is 10.8. The molecule has 3 atom stereocenters. The molecule has 0 amide bonds. The number of hydrogen-bond acceptors (Lipinski definition) is 4. The molecule has 2 aliphatic rings. The number of piperidine rings is 1. The Hall–Kier alpha value is -0.610. The van der Waals surface area contributed by atoms with E-state index in [1.807, 2.05) is 6.92 Å². The Kier molecular flexibility index (Phi) is 4.80. The van der Waals surface area contributed by atoms with E-state index in [2.05, 4.69) is 10.2 Å². The van der Waals surface area contributed by atoms with E-state index in [9.17, 15) is 4.79 Å². The lowest BCUT2D eigenvalue weighted by atomic mass is 9.94. The van der Waals surface area contributed by atoms with E-state index >= 15 is 0 Å². The Labute approximate surface area is 104 Å². The minimum absolute atomic E-state index is 0.0648. The SMILES string of the molecule is CCOC(=O)CCCNC1CCN2CCC1C2. The topological polar surface area (TPSA) is 41.6 Å². The van der Waals surface area contributed by atoms with Crippen molar-refractivity contribution in [2.75, 3.05) is 32.8 Å². The molecule has 2 bridgehead atoms. The van der Waals surface area contributed by atoms with Gasteiger partial charge in [0.05, 0.1) is 6.61 Å². The van der Waals surface area contributed by atoms with Crippen LogP contribution in [0.4, 0.5) is 0 Å². The predicted molar refractivity (Wildman–Crippen MR) is 66.8 cm³/mol. The monoisotopic (exact) mass is 240 g/mol. The van der Waals surface area contributed by atoms with Crippen molar-refractivity contribution >= 4 is 5.97 Å². The van der Waals surface area contributed by atoms with Crippen LogP contribution in [0.3, 0.4) is 0 Å². The third-order valence-corrected chi connectivity index (χ3v) is 3.90. The highest BCUT2D eigenvalue weighted by molar-refractivity contribution is 5.69. The second kappa shape index (κ2) is 6.36.